The Hall–Kier alpha value is -1.72. The van der Waals surface area contributed by atoms with E-state index >= 15 is 0 Å². The summed E-state index contributed by atoms with van der Waals surface area (Å²) in [6.07, 6.45) is 11.6. The maximum atomic E-state index is 13.1. The summed E-state index contributed by atoms with van der Waals surface area (Å²) in [5.41, 5.74) is 1.10. The fourth-order valence-corrected chi connectivity index (χ4v) is 5.26. The maximum Gasteiger partial charge on any atom is 0.264 e. The highest BCUT2D eigenvalue weighted by Gasteiger charge is 2.29. The average molecular weight is 384 g/mol. The first kappa shape index (κ1) is 18.6. The van der Waals surface area contributed by atoms with Crippen LogP contribution in [0.5, 0.6) is 0 Å². The third-order valence-corrected chi connectivity index (χ3v) is 6.94. The lowest BCUT2D eigenvalue weighted by atomic mass is 9.94. The van der Waals surface area contributed by atoms with Crippen molar-refractivity contribution in [2.75, 3.05) is 19.6 Å². The molecule has 2 aliphatic rings. The van der Waals surface area contributed by atoms with E-state index in [1.54, 1.807) is 6.20 Å². The fourth-order valence-electron chi connectivity index (χ4n) is 4.57. The summed E-state index contributed by atoms with van der Waals surface area (Å²) in [4.78, 5) is 22.9. The largest absolute Gasteiger partial charge is 0.333 e. The van der Waals surface area contributed by atoms with E-state index in [2.05, 4.69) is 16.0 Å². The van der Waals surface area contributed by atoms with Gasteiger partial charge in [0, 0.05) is 31.5 Å². The third-order valence-electron chi connectivity index (χ3n) is 6.08. The zero-order valence-corrected chi connectivity index (χ0v) is 16.7. The molecule has 1 amide bonds. The van der Waals surface area contributed by atoms with Crippen LogP contribution in [0.25, 0.3) is 0 Å². The van der Waals surface area contributed by atoms with Gasteiger partial charge in [0.05, 0.1) is 4.88 Å². The van der Waals surface area contributed by atoms with Crippen molar-refractivity contribution >= 4 is 17.2 Å². The Labute approximate surface area is 166 Å². The maximum absolute atomic E-state index is 13.1. The van der Waals surface area contributed by atoms with Crippen molar-refractivity contribution in [2.24, 2.45) is 5.92 Å². The topological polar surface area (TPSA) is 36.4 Å². The second kappa shape index (κ2) is 8.98. The Bertz CT molecular complexity index is 704. The summed E-state index contributed by atoms with van der Waals surface area (Å²) in [7, 11) is 0. The zero-order chi connectivity index (χ0) is 18.5. The van der Waals surface area contributed by atoms with Gasteiger partial charge >= 0.3 is 0 Å². The molecule has 1 aliphatic heterocycles. The van der Waals surface area contributed by atoms with E-state index in [0.29, 0.717) is 12.5 Å². The van der Waals surface area contributed by atoms with Gasteiger partial charge in [-0.25, -0.2) is 0 Å². The summed E-state index contributed by atoms with van der Waals surface area (Å²) >= 11 is 1.53. The van der Waals surface area contributed by atoms with Crippen LogP contribution in [0.3, 0.4) is 0 Å². The van der Waals surface area contributed by atoms with Crippen LogP contribution in [0.15, 0.2) is 42.0 Å². The minimum Gasteiger partial charge on any atom is -0.333 e. The average Bonchev–Trinajstić information content (AvgIpc) is 3.42. The molecule has 2 aromatic heterocycles. The molecule has 2 fully saturated rings. The van der Waals surface area contributed by atoms with Crippen LogP contribution in [0, 0.1) is 5.92 Å². The molecule has 1 saturated heterocycles. The summed E-state index contributed by atoms with van der Waals surface area (Å²) in [5, 5.41) is 1.98. The molecule has 5 heteroatoms. The SMILES string of the molecule is O=C(c1cccs1)N(Cc1cccnc1)CC1CCN(C2CCCC2)CC1. The van der Waals surface area contributed by atoms with E-state index in [4.69, 9.17) is 0 Å². The molecule has 0 spiro atoms. The quantitative estimate of drug-likeness (QED) is 0.740. The highest BCUT2D eigenvalue weighted by Crippen LogP contribution is 2.28. The Morgan fingerprint density at radius 1 is 1.15 bits per heavy atom. The van der Waals surface area contributed by atoms with Crippen molar-refractivity contribution in [3.05, 3.63) is 52.5 Å². The Balaban J connectivity index is 1.39. The van der Waals surface area contributed by atoms with Gasteiger partial charge in [-0.3, -0.25) is 9.78 Å². The molecule has 0 aromatic carbocycles. The van der Waals surface area contributed by atoms with Gasteiger partial charge in [0.2, 0.25) is 0 Å². The van der Waals surface area contributed by atoms with E-state index in [9.17, 15) is 4.79 Å². The Morgan fingerprint density at radius 3 is 2.63 bits per heavy atom. The predicted octanol–water partition coefficient (Wildman–Crippen LogP) is 4.44. The van der Waals surface area contributed by atoms with Crippen molar-refractivity contribution in [1.82, 2.24) is 14.8 Å². The normalized spacial score (nSPS) is 19.4. The fraction of sp³-hybridized carbons (Fsp3) is 0.545. The Kier molecular flexibility index (Phi) is 6.20. The zero-order valence-electron chi connectivity index (χ0n) is 15.9. The molecule has 4 nitrogen and oxygen atoms in total. The number of pyridine rings is 1. The van der Waals surface area contributed by atoms with Crippen molar-refractivity contribution in [3.63, 3.8) is 0 Å². The van der Waals surface area contributed by atoms with E-state index in [-0.39, 0.29) is 5.91 Å². The molecule has 0 unspecified atom stereocenters. The smallest absolute Gasteiger partial charge is 0.264 e. The number of carbonyl (C=O) groups excluding carboxylic acids is 1. The number of piperidine rings is 1. The first-order valence-electron chi connectivity index (χ1n) is 10.3. The second-order valence-corrected chi connectivity index (χ2v) is 8.89. The van der Waals surface area contributed by atoms with Crippen molar-refractivity contribution in [3.8, 4) is 0 Å². The number of hydrogen-bond acceptors (Lipinski definition) is 4. The molecule has 0 bridgehead atoms. The summed E-state index contributed by atoms with van der Waals surface area (Å²) < 4.78 is 0. The second-order valence-electron chi connectivity index (χ2n) is 7.94. The molecular weight excluding hydrogens is 354 g/mol. The molecule has 3 heterocycles. The van der Waals surface area contributed by atoms with E-state index in [0.717, 1.165) is 23.0 Å². The minimum atomic E-state index is 0.159. The number of hydrogen-bond donors (Lipinski definition) is 0. The minimum absolute atomic E-state index is 0.159. The number of nitrogens with zero attached hydrogens (tertiary/aromatic N) is 3. The molecule has 0 atom stereocenters. The van der Waals surface area contributed by atoms with Crippen molar-refractivity contribution in [1.29, 1.82) is 0 Å². The van der Waals surface area contributed by atoms with Crippen LogP contribution < -0.4 is 0 Å². The lowest BCUT2D eigenvalue weighted by molar-refractivity contribution is 0.0654. The number of amides is 1. The number of rotatable bonds is 6. The van der Waals surface area contributed by atoms with Gasteiger partial charge in [0.15, 0.2) is 0 Å². The lowest BCUT2D eigenvalue weighted by Gasteiger charge is -2.37. The van der Waals surface area contributed by atoms with Crippen LogP contribution in [0.2, 0.25) is 0 Å². The van der Waals surface area contributed by atoms with Crippen molar-refractivity contribution in [2.45, 2.75) is 51.1 Å². The van der Waals surface area contributed by atoms with Gasteiger partial charge in [0.25, 0.3) is 5.91 Å². The van der Waals surface area contributed by atoms with Gasteiger partial charge in [0.1, 0.15) is 0 Å². The molecular formula is C22H29N3OS. The van der Waals surface area contributed by atoms with Crippen LogP contribution >= 0.6 is 11.3 Å². The van der Waals surface area contributed by atoms with Crippen LogP contribution in [-0.2, 0) is 6.54 Å². The molecule has 4 rings (SSSR count). The highest BCUT2D eigenvalue weighted by atomic mass is 32.1. The molecule has 144 valence electrons. The lowest BCUT2D eigenvalue weighted by Crippen LogP contribution is -2.43. The standard InChI is InChI=1S/C22H29N3OS/c26-22(21-8-4-14-27-21)25(17-19-5-3-11-23-15-19)16-18-9-12-24(13-10-18)20-6-1-2-7-20/h3-5,8,11,14-15,18,20H,1-2,6-7,9-10,12-13,16-17H2. The molecule has 1 aliphatic carbocycles. The number of likely N-dealkylation sites (tertiary alicyclic amines) is 1. The van der Waals surface area contributed by atoms with Gasteiger partial charge in [-0.1, -0.05) is 25.0 Å². The van der Waals surface area contributed by atoms with E-state index in [1.165, 1.54) is 63.0 Å². The van der Waals surface area contributed by atoms with Gasteiger partial charge in [-0.15, -0.1) is 11.3 Å². The van der Waals surface area contributed by atoms with E-state index in [1.807, 2.05) is 34.7 Å². The van der Waals surface area contributed by atoms with Crippen LogP contribution in [0.1, 0.15) is 53.8 Å². The third kappa shape index (κ3) is 4.77. The monoisotopic (exact) mass is 383 g/mol. The first-order chi connectivity index (χ1) is 13.3. The molecule has 0 radical (unpaired) electrons. The number of thiophene rings is 1. The van der Waals surface area contributed by atoms with Crippen molar-refractivity contribution < 1.29 is 4.79 Å². The van der Waals surface area contributed by atoms with Gasteiger partial charge in [-0.2, -0.15) is 0 Å². The molecule has 0 N–H and O–H groups in total. The van der Waals surface area contributed by atoms with Gasteiger partial charge in [-0.05, 0) is 67.8 Å². The summed E-state index contributed by atoms with van der Waals surface area (Å²) in [5.74, 6) is 0.760. The number of carbonyl (C=O) groups is 1. The van der Waals surface area contributed by atoms with Crippen LogP contribution in [-0.4, -0.2) is 46.4 Å². The molecule has 27 heavy (non-hydrogen) atoms. The summed E-state index contributed by atoms with van der Waals surface area (Å²) in [6, 6.07) is 8.73. The predicted molar refractivity (Wildman–Crippen MR) is 110 cm³/mol. The number of aromatic nitrogens is 1. The van der Waals surface area contributed by atoms with Crippen LogP contribution in [0.4, 0.5) is 0 Å². The Morgan fingerprint density at radius 2 is 1.96 bits per heavy atom. The molecule has 1 saturated carbocycles. The highest BCUT2D eigenvalue weighted by molar-refractivity contribution is 7.12. The van der Waals surface area contributed by atoms with E-state index < -0.39 is 0 Å². The molecule has 2 aromatic rings. The first-order valence-corrected chi connectivity index (χ1v) is 11.1. The van der Waals surface area contributed by atoms with Gasteiger partial charge < -0.3 is 9.80 Å². The summed E-state index contributed by atoms with van der Waals surface area (Å²) in [6.45, 7) is 3.89.